The van der Waals surface area contributed by atoms with Crippen LogP contribution < -0.4 is 11.1 Å². The Hall–Kier alpha value is -1.39. The van der Waals surface area contributed by atoms with Crippen LogP contribution in [0.5, 0.6) is 0 Å². The summed E-state index contributed by atoms with van der Waals surface area (Å²) >= 11 is 6.91. The number of benzene rings is 1. The van der Waals surface area contributed by atoms with Crippen LogP contribution in [0.25, 0.3) is 0 Å². The molecule has 1 atom stereocenters. The normalized spacial score (nSPS) is 12.2. The van der Waals surface area contributed by atoms with Gasteiger partial charge in [0.15, 0.2) is 0 Å². The highest BCUT2D eigenvalue weighted by molar-refractivity contribution is 7.80. The summed E-state index contributed by atoms with van der Waals surface area (Å²) in [4.78, 5) is 3.06. The molecule has 0 fully saturated rings. The van der Waals surface area contributed by atoms with Crippen molar-refractivity contribution in [3.05, 3.63) is 51.2 Å². The number of rotatable bonds is 4. The molecule has 0 saturated carbocycles. The van der Waals surface area contributed by atoms with Gasteiger partial charge in [0.1, 0.15) is 4.99 Å². The Labute approximate surface area is 123 Å². The molecule has 1 aromatic heterocycles. The first kappa shape index (κ1) is 14.0. The zero-order valence-electron chi connectivity index (χ0n) is 11.4. The van der Waals surface area contributed by atoms with E-state index in [2.05, 4.69) is 44.3 Å². The second-order valence-corrected chi connectivity index (χ2v) is 6.49. The van der Waals surface area contributed by atoms with Gasteiger partial charge in [0.2, 0.25) is 0 Å². The summed E-state index contributed by atoms with van der Waals surface area (Å²) in [6, 6.07) is 10.6. The second-order valence-electron chi connectivity index (χ2n) is 4.73. The molecule has 0 radical (unpaired) electrons. The Kier molecular flexibility index (Phi) is 4.22. The number of thiocarbonyl (C=S) groups is 1. The molecule has 0 amide bonds. The SMILES string of the molecule is Cc1ccc(C(N)=S)c(NC(C)c2ccc(C)s2)c1. The van der Waals surface area contributed by atoms with E-state index in [0.29, 0.717) is 4.99 Å². The van der Waals surface area contributed by atoms with Gasteiger partial charge in [0.25, 0.3) is 0 Å². The maximum atomic E-state index is 5.78. The van der Waals surface area contributed by atoms with Crippen molar-refractivity contribution in [1.82, 2.24) is 0 Å². The van der Waals surface area contributed by atoms with Gasteiger partial charge in [-0.2, -0.15) is 0 Å². The van der Waals surface area contributed by atoms with E-state index in [4.69, 9.17) is 18.0 Å². The number of hydrogen-bond donors (Lipinski definition) is 2. The second kappa shape index (κ2) is 5.72. The summed E-state index contributed by atoms with van der Waals surface area (Å²) in [7, 11) is 0. The van der Waals surface area contributed by atoms with Crippen molar-refractivity contribution in [3.63, 3.8) is 0 Å². The monoisotopic (exact) mass is 290 g/mol. The molecular formula is C15H18N2S2. The highest BCUT2D eigenvalue weighted by atomic mass is 32.1. The number of aryl methyl sites for hydroxylation is 2. The number of nitrogens with one attached hydrogen (secondary N) is 1. The molecule has 1 heterocycles. The third-order valence-electron chi connectivity index (χ3n) is 3.00. The van der Waals surface area contributed by atoms with Crippen molar-refractivity contribution in [2.45, 2.75) is 26.8 Å². The zero-order chi connectivity index (χ0) is 14.0. The molecule has 100 valence electrons. The largest absolute Gasteiger partial charge is 0.389 e. The van der Waals surface area contributed by atoms with Gasteiger partial charge in [-0.05, 0) is 50.6 Å². The van der Waals surface area contributed by atoms with E-state index in [0.717, 1.165) is 11.3 Å². The summed E-state index contributed by atoms with van der Waals surface area (Å²) < 4.78 is 0. The molecule has 3 N–H and O–H groups in total. The Balaban J connectivity index is 2.27. The van der Waals surface area contributed by atoms with Crippen LogP contribution in [-0.2, 0) is 0 Å². The maximum Gasteiger partial charge on any atom is 0.106 e. The van der Waals surface area contributed by atoms with Crippen molar-refractivity contribution in [1.29, 1.82) is 0 Å². The molecule has 0 aliphatic rings. The van der Waals surface area contributed by atoms with Gasteiger partial charge in [-0.1, -0.05) is 18.3 Å². The van der Waals surface area contributed by atoms with Crippen molar-refractivity contribution in [2.24, 2.45) is 5.73 Å². The lowest BCUT2D eigenvalue weighted by Gasteiger charge is -2.17. The van der Waals surface area contributed by atoms with Gasteiger partial charge in [0, 0.05) is 21.0 Å². The van der Waals surface area contributed by atoms with Crippen LogP contribution in [0.1, 0.15) is 33.8 Å². The molecule has 0 bridgehead atoms. The Bertz CT molecular complexity index is 602. The van der Waals surface area contributed by atoms with Gasteiger partial charge in [-0.25, -0.2) is 0 Å². The standard InChI is InChI=1S/C15H18N2S2/c1-9-4-6-12(15(16)18)13(8-9)17-11(3)14-7-5-10(2)19-14/h4-8,11,17H,1-3H3,(H2,16,18). The van der Waals surface area contributed by atoms with Gasteiger partial charge in [-0.3, -0.25) is 0 Å². The van der Waals surface area contributed by atoms with Crippen LogP contribution in [0, 0.1) is 13.8 Å². The van der Waals surface area contributed by atoms with E-state index < -0.39 is 0 Å². The van der Waals surface area contributed by atoms with E-state index in [9.17, 15) is 0 Å². The molecule has 0 aliphatic heterocycles. The maximum absolute atomic E-state index is 5.78. The minimum absolute atomic E-state index is 0.244. The molecular weight excluding hydrogens is 272 g/mol. The smallest absolute Gasteiger partial charge is 0.106 e. The Morgan fingerprint density at radius 1 is 1.26 bits per heavy atom. The van der Waals surface area contributed by atoms with Crippen molar-refractivity contribution < 1.29 is 0 Å². The average molecular weight is 290 g/mol. The fourth-order valence-corrected chi connectivity index (χ4v) is 3.04. The fraction of sp³-hybridized carbons (Fsp3) is 0.267. The Morgan fingerprint density at radius 2 is 2.00 bits per heavy atom. The van der Waals surface area contributed by atoms with E-state index in [1.54, 1.807) is 11.3 Å². The molecule has 19 heavy (non-hydrogen) atoms. The van der Waals surface area contributed by atoms with E-state index in [1.807, 2.05) is 12.1 Å². The number of thiophene rings is 1. The van der Waals surface area contributed by atoms with Crippen LogP contribution in [0.2, 0.25) is 0 Å². The lowest BCUT2D eigenvalue weighted by Crippen LogP contribution is -2.14. The predicted octanol–water partition coefficient (Wildman–Crippen LogP) is 4.17. The number of nitrogens with two attached hydrogens (primary N) is 1. The molecule has 0 spiro atoms. The minimum atomic E-state index is 0.244. The number of anilines is 1. The lowest BCUT2D eigenvalue weighted by molar-refractivity contribution is 0.907. The molecule has 4 heteroatoms. The third kappa shape index (κ3) is 3.33. The van der Waals surface area contributed by atoms with Gasteiger partial charge < -0.3 is 11.1 Å². The molecule has 2 rings (SSSR count). The van der Waals surface area contributed by atoms with Crippen molar-refractivity contribution in [2.75, 3.05) is 5.32 Å². The highest BCUT2D eigenvalue weighted by Crippen LogP contribution is 2.27. The molecule has 0 saturated heterocycles. The first-order chi connectivity index (χ1) is 8.97. The first-order valence-electron chi connectivity index (χ1n) is 6.20. The van der Waals surface area contributed by atoms with Crippen LogP contribution >= 0.6 is 23.6 Å². The van der Waals surface area contributed by atoms with Crippen LogP contribution in [0.4, 0.5) is 5.69 Å². The topological polar surface area (TPSA) is 38.0 Å². The van der Waals surface area contributed by atoms with E-state index >= 15 is 0 Å². The summed E-state index contributed by atoms with van der Waals surface area (Å²) in [5.41, 5.74) is 8.88. The lowest BCUT2D eigenvalue weighted by atomic mass is 10.1. The predicted molar refractivity (Wildman–Crippen MR) is 88.2 cm³/mol. The van der Waals surface area contributed by atoms with E-state index in [-0.39, 0.29) is 6.04 Å². The first-order valence-corrected chi connectivity index (χ1v) is 7.43. The van der Waals surface area contributed by atoms with Crippen molar-refractivity contribution in [3.8, 4) is 0 Å². The summed E-state index contributed by atoms with van der Waals surface area (Å²) in [6.45, 7) is 6.33. The summed E-state index contributed by atoms with van der Waals surface area (Å²) in [5.74, 6) is 0. The van der Waals surface area contributed by atoms with Crippen LogP contribution in [-0.4, -0.2) is 4.99 Å². The zero-order valence-corrected chi connectivity index (χ0v) is 13.0. The van der Waals surface area contributed by atoms with Gasteiger partial charge in [0.05, 0.1) is 6.04 Å². The summed E-state index contributed by atoms with van der Waals surface area (Å²) in [6.07, 6.45) is 0. The average Bonchev–Trinajstić information content (AvgIpc) is 2.75. The minimum Gasteiger partial charge on any atom is -0.389 e. The Morgan fingerprint density at radius 3 is 2.58 bits per heavy atom. The van der Waals surface area contributed by atoms with Crippen LogP contribution in [0.3, 0.4) is 0 Å². The van der Waals surface area contributed by atoms with Gasteiger partial charge >= 0.3 is 0 Å². The molecule has 0 aliphatic carbocycles. The van der Waals surface area contributed by atoms with Crippen molar-refractivity contribution >= 4 is 34.2 Å². The van der Waals surface area contributed by atoms with Gasteiger partial charge in [-0.15, -0.1) is 11.3 Å². The molecule has 2 nitrogen and oxygen atoms in total. The molecule has 1 aromatic carbocycles. The highest BCUT2D eigenvalue weighted by Gasteiger charge is 2.11. The summed E-state index contributed by atoms with van der Waals surface area (Å²) in [5, 5.41) is 3.51. The number of hydrogen-bond acceptors (Lipinski definition) is 3. The van der Waals surface area contributed by atoms with Crippen LogP contribution in [0.15, 0.2) is 30.3 Å². The molecule has 2 aromatic rings. The quantitative estimate of drug-likeness (QED) is 0.830. The fourth-order valence-electron chi connectivity index (χ4n) is 1.98. The third-order valence-corrected chi connectivity index (χ3v) is 4.40. The molecule has 1 unspecified atom stereocenters. The van der Waals surface area contributed by atoms with E-state index in [1.165, 1.54) is 15.3 Å².